The highest BCUT2D eigenvalue weighted by Crippen LogP contribution is 2.28. The van der Waals surface area contributed by atoms with Gasteiger partial charge in [0, 0.05) is 24.7 Å². The second kappa shape index (κ2) is 10.6. The molecular weight excluding hydrogens is 432 g/mol. The minimum atomic E-state index is -3.73. The van der Waals surface area contributed by atoms with Gasteiger partial charge >= 0.3 is 5.97 Å². The molecule has 8 nitrogen and oxygen atoms in total. The summed E-state index contributed by atoms with van der Waals surface area (Å²) in [4.78, 5) is 24.6. The maximum atomic E-state index is 13.2. The van der Waals surface area contributed by atoms with Crippen LogP contribution in [0.25, 0.3) is 0 Å². The summed E-state index contributed by atoms with van der Waals surface area (Å²) in [6.07, 6.45) is 2.28. The minimum absolute atomic E-state index is 0.0506. The average molecular weight is 461 g/mol. The number of carbonyl (C=O) groups excluding carboxylic acids is 2. The second-order valence-electron chi connectivity index (χ2n) is 7.49. The predicted octanol–water partition coefficient (Wildman–Crippen LogP) is 3.44. The van der Waals surface area contributed by atoms with E-state index in [1.54, 1.807) is 43.3 Å². The number of nitrogens with zero attached hydrogens (tertiary/aromatic N) is 1. The molecule has 9 heteroatoms. The minimum Gasteiger partial charge on any atom is -0.497 e. The Labute approximate surface area is 188 Å². The van der Waals surface area contributed by atoms with Gasteiger partial charge in [0.1, 0.15) is 5.75 Å². The van der Waals surface area contributed by atoms with Gasteiger partial charge in [-0.05, 0) is 68.3 Å². The van der Waals surface area contributed by atoms with E-state index in [1.165, 1.54) is 23.5 Å². The molecule has 3 rings (SSSR count). The molecule has 0 aliphatic carbocycles. The Kier molecular flexibility index (Phi) is 7.87. The topological polar surface area (TPSA) is 102 Å². The van der Waals surface area contributed by atoms with Crippen molar-refractivity contribution in [2.45, 2.75) is 43.5 Å². The Morgan fingerprint density at radius 1 is 1.06 bits per heavy atom. The zero-order chi connectivity index (χ0) is 23.1. The number of hydrogen-bond donors (Lipinski definition) is 1. The van der Waals surface area contributed by atoms with Crippen LogP contribution in [0.5, 0.6) is 5.75 Å². The Morgan fingerprint density at radius 2 is 1.75 bits per heavy atom. The number of piperidine rings is 1. The summed E-state index contributed by atoms with van der Waals surface area (Å²) in [5.41, 5.74) is 0.928. The standard InChI is InChI=1S/C23H28N2O6S/c1-3-31-23(27)17-7-9-18(10-8-17)24-22(26)16-19-6-4-5-15-25(19)32(28,29)21-13-11-20(30-2)12-14-21/h7-14,19H,3-6,15-16H2,1-2H3,(H,24,26)/t19-/m0/s1. The van der Waals surface area contributed by atoms with Gasteiger partial charge in [0.05, 0.1) is 24.2 Å². The first-order valence-electron chi connectivity index (χ1n) is 10.6. The van der Waals surface area contributed by atoms with Crippen molar-refractivity contribution in [1.82, 2.24) is 4.31 Å². The highest BCUT2D eigenvalue weighted by molar-refractivity contribution is 7.89. The lowest BCUT2D eigenvalue weighted by atomic mass is 10.0. The molecule has 172 valence electrons. The number of ether oxygens (including phenoxy) is 2. The summed E-state index contributed by atoms with van der Waals surface area (Å²) in [5.74, 6) is -0.129. The summed E-state index contributed by atoms with van der Waals surface area (Å²) >= 11 is 0. The number of rotatable bonds is 8. The average Bonchev–Trinajstić information content (AvgIpc) is 2.80. The van der Waals surface area contributed by atoms with Crippen LogP contribution in [0.3, 0.4) is 0 Å². The Hall–Kier alpha value is -2.91. The molecule has 1 N–H and O–H groups in total. The lowest BCUT2D eigenvalue weighted by Crippen LogP contribution is -2.45. The van der Waals surface area contributed by atoms with Gasteiger partial charge in [-0.1, -0.05) is 6.42 Å². The smallest absolute Gasteiger partial charge is 0.338 e. The Balaban J connectivity index is 1.67. The van der Waals surface area contributed by atoms with Crippen LogP contribution in [-0.2, 0) is 19.6 Å². The molecule has 1 saturated heterocycles. The monoisotopic (exact) mass is 460 g/mol. The molecular formula is C23H28N2O6S. The van der Waals surface area contributed by atoms with Crippen molar-refractivity contribution in [1.29, 1.82) is 0 Å². The molecule has 1 amide bonds. The summed E-state index contributed by atoms with van der Waals surface area (Å²) in [6, 6.07) is 12.2. The normalized spacial score (nSPS) is 16.9. The quantitative estimate of drug-likeness (QED) is 0.606. The molecule has 0 aromatic heterocycles. The maximum Gasteiger partial charge on any atom is 0.338 e. The van der Waals surface area contributed by atoms with Crippen molar-refractivity contribution in [3.05, 3.63) is 54.1 Å². The molecule has 0 radical (unpaired) electrons. The predicted molar refractivity (Wildman–Crippen MR) is 120 cm³/mol. The van der Waals surface area contributed by atoms with E-state index in [1.807, 2.05) is 0 Å². The number of benzene rings is 2. The number of carbonyl (C=O) groups is 2. The highest BCUT2D eigenvalue weighted by atomic mass is 32.2. The first-order valence-corrected chi connectivity index (χ1v) is 12.0. The third-order valence-electron chi connectivity index (χ3n) is 5.34. The molecule has 2 aromatic rings. The van der Waals surface area contributed by atoms with Crippen molar-refractivity contribution in [3.8, 4) is 5.75 Å². The van der Waals surface area contributed by atoms with Crippen molar-refractivity contribution in [3.63, 3.8) is 0 Å². The van der Waals surface area contributed by atoms with Gasteiger partial charge in [0.2, 0.25) is 15.9 Å². The van der Waals surface area contributed by atoms with E-state index in [2.05, 4.69) is 5.32 Å². The van der Waals surface area contributed by atoms with Gasteiger partial charge < -0.3 is 14.8 Å². The summed E-state index contributed by atoms with van der Waals surface area (Å²) < 4.78 is 37.9. The fraction of sp³-hybridized carbons (Fsp3) is 0.391. The van der Waals surface area contributed by atoms with E-state index in [-0.39, 0.29) is 23.8 Å². The van der Waals surface area contributed by atoms with E-state index in [9.17, 15) is 18.0 Å². The Bertz CT molecular complexity index is 1040. The van der Waals surface area contributed by atoms with Crippen LogP contribution in [0.4, 0.5) is 5.69 Å². The van der Waals surface area contributed by atoms with E-state index in [0.29, 0.717) is 30.0 Å². The number of sulfonamides is 1. The molecule has 0 saturated carbocycles. The SMILES string of the molecule is CCOC(=O)c1ccc(NC(=O)C[C@@H]2CCCCN2S(=O)(=O)c2ccc(OC)cc2)cc1. The van der Waals surface area contributed by atoms with Crippen molar-refractivity contribution >= 4 is 27.6 Å². The van der Waals surface area contributed by atoms with Crippen LogP contribution in [-0.4, -0.2) is 50.9 Å². The Morgan fingerprint density at radius 3 is 2.38 bits per heavy atom. The van der Waals surface area contributed by atoms with Gasteiger partial charge in [0.15, 0.2) is 0 Å². The maximum absolute atomic E-state index is 13.2. The molecule has 0 spiro atoms. The van der Waals surface area contributed by atoms with Crippen LogP contribution in [0.15, 0.2) is 53.4 Å². The van der Waals surface area contributed by atoms with Gasteiger partial charge in [-0.15, -0.1) is 0 Å². The zero-order valence-corrected chi connectivity index (χ0v) is 19.1. The highest BCUT2D eigenvalue weighted by Gasteiger charge is 2.34. The molecule has 1 heterocycles. The van der Waals surface area contributed by atoms with Gasteiger partial charge in [0.25, 0.3) is 0 Å². The van der Waals surface area contributed by atoms with E-state index in [4.69, 9.17) is 9.47 Å². The van der Waals surface area contributed by atoms with Gasteiger partial charge in [-0.25, -0.2) is 13.2 Å². The number of methoxy groups -OCH3 is 1. The lowest BCUT2D eigenvalue weighted by molar-refractivity contribution is -0.117. The van der Waals surface area contributed by atoms with Gasteiger partial charge in [-0.2, -0.15) is 4.31 Å². The van der Waals surface area contributed by atoms with E-state index in [0.717, 1.165) is 12.8 Å². The second-order valence-corrected chi connectivity index (χ2v) is 9.38. The molecule has 0 bridgehead atoms. The number of esters is 1. The number of nitrogens with one attached hydrogen (secondary N) is 1. The summed E-state index contributed by atoms with van der Waals surface area (Å²) in [7, 11) is -2.21. The fourth-order valence-electron chi connectivity index (χ4n) is 3.71. The number of anilines is 1. The summed E-state index contributed by atoms with van der Waals surface area (Å²) in [5, 5.41) is 2.79. The van der Waals surface area contributed by atoms with Gasteiger partial charge in [-0.3, -0.25) is 4.79 Å². The molecule has 1 atom stereocenters. The van der Waals surface area contributed by atoms with Crippen LogP contribution >= 0.6 is 0 Å². The zero-order valence-electron chi connectivity index (χ0n) is 18.2. The number of amides is 1. The van der Waals surface area contributed by atoms with Crippen LogP contribution in [0.1, 0.15) is 43.0 Å². The van der Waals surface area contributed by atoms with Crippen LogP contribution in [0.2, 0.25) is 0 Å². The molecule has 32 heavy (non-hydrogen) atoms. The molecule has 1 aliphatic heterocycles. The van der Waals surface area contributed by atoms with Crippen LogP contribution in [0, 0.1) is 0 Å². The van der Waals surface area contributed by atoms with Crippen molar-refractivity contribution in [2.24, 2.45) is 0 Å². The summed E-state index contributed by atoms with van der Waals surface area (Å²) in [6.45, 7) is 2.39. The fourth-order valence-corrected chi connectivity index (χ4v) is 5.40. The lowest BCUT2D eigenvalue weighted by Gasteiger charge is -2.34. The van der Waals surface area contributed by atoms with Crippen molar-refractivity contribution in [2.75, 3.05) is 25.6 Å². The third-order valence-corrected chi connectivity index (χ3v) is 7.31. The first-order chi connectivity index (χ1) is 15.3. The first kappa shape index (κ1) is 23.7. The third kappa shape index (κ3) is 5.66. The van der Waals surface area contributed by atoms with E-state index >= 15 is 0 Å². The van der Waals surface area contributed by atoms with Crippen molar-refractivity contribution < 1.29 is 27.5 Å². The molecule has 1 fully saturated rings. The van der Waals surface area contributed by atoms with E-state index < -0.39 is 22.0 Å². The van der Waals surface area contributed by atoms with Crippen LogP contribution < -0.4 is 10.1 Å². The largest absolute Gasteiger partial charge is 0.497 e. The number of hydrogen-bond acceptors (Lipinski definition) is 6. The molecule has 1 aliphatic rings. The molecule has 0 unspecified atom stereocenters. The molecule has 2 aromatic carbocycles.